The standard InChI is InChI=1S/C19H27N5O5S2/c1-14-12-17(21-16(3)25)6-7-18(14)30(26,27)23-8-5-9-24(11-10-23)31(28,29)19-13-22(4)15(2)20-19/h6-7,12-13H,5,8-11H2,1-4H3,(H,21,25). The van der Waals surface area contributed by atoms with Gasteiger partial charge in [-0.15, -0.1) is 0 Å². The highest BCUT2D eigenvalue weighted by atomic mass is 32.2. The fourth-order valence-electron chi connectivity index (χ4n) is 3.49. The number of hydrogen-bond donors (Lipinski definition) is 1. The van der Waals surface area contributed by atoms with Crippen molar-refractivity contribution in [2.45, 2.75) is 37.1 Å². The van der Waals surface area contributed by atoms with Crippen molar-refractivity contribution in [3.8, 4) is 0 Å². The van der Waals surface area contributed by atoms with Crippen molar-refractivity contribution in [1.29, 1.82) is 0 Å². The van der Waals surface area contributed by atoms with Crippen molar-refractivity contribution in [2.75, 3.05) is 31.5 Å². The molecule has 1 fully saturated rings. The number of imidazole rings is 1. The number of amides is 1. The van der Waals surface area contributed by atoms with Gasteiger partial charge in [-0.3, -0.25) is 4.79 Å². The molecule has 0 spiro atoms. The number of sulfonamides is 2. The summed E-state index contributed by atoms with van der Waals surface area (Å²) in [6.07, 6.45) is 1.83. The molecule has 3 rings (SSSR count). The molecule has 0 bridgehead atoms. The molecule has 2 heterocycles. The maximum absolute atomic E-state index is 13.2. The zero-order chi connectivity index (χ0) is 23.0. The van der Waals surface area contributed by atoms with E-state index >= 15 is 0 Å². The molecule has 1 aromatic heterocycles. The van der Waals surface area contributed by atoms with Gasteiger partial charge >= 0.3 is 0 Å². The Morgan fingerprint density at radius 3 is 2.13 bits per heavy atom. The van der Waals surface area contributed by atoms with Gasteiger partial charge in [-0.25, -0.2) is 21.8 Å². The summed E-state index contributed by atoms with van der Waals surface area (Å²) in [4.78, 5) is 15.5. The molecule has 31 heavy (non-hydrogen) atoms. The van der Waals surface area contributed by atoms with E-state index in [1.807, 2.05) is 0 Å². The first kappa shape index (κ1) is 23.4. The molecule has 0 unspecified atom stereocenters. The third-order valence-electron chi connectivity index (χ3n) is 5.22. The average Bonchev–Trinajstić information content (AvgIpc) is 2.87. The van der Waals surface area contributed by atoms with Crippen LogP contribution in [-0.2, 0) is 31.9 Å². The minimum absolute atomic E-state index is 0.0341. The molecule has 2 aromatic rings. The van der Waals surface area contributed by atoms with Crippen LogP contribution in [-0.4, -0.2) is 67.1 Å². The minimum atomic E-state index is -3.82. The van der Waals surface area contributed by atoms with Crippen LogP contribution in [0.4, 0.5) is 5.69 Å². The van der Waals surface area contributed by atoms with E-state index < -0.39 is 20.0 Å². The van der Waals surface area contributed by atoms with Crippen LogP contribution in [0.5, 0.6) is 0 Å². The molecule has 12 heteroatoms. The van der Waals surface area contributed by atoms with Crippen LogP contribution in [0.15, 0.2) is 34.3 Å². The third-order valence-corrected chi connectivity index (χ3v) is 9.05. The van der Waals surface area contributed by atoms with Crippen molar-refractivity contribution in [3.05, 3.63) is 35.8 Å². The molecule has 170 valence electrons. The van der Waals surface area contributed by atoms with Gasteiger partial charge in [0, 0.05) is 52.0 Å². The molecule has 0 aliphatic carbocycles. The molecule has 1 saturated heterocycles. The average molecular weight is 470 g/mol. The molecular formula is C19H27N5O5S2. The maximum atomic E-state index is 13.2. The quantitative estimate of drug-likeness (QED) is 0.699. The molecular weight excluding hydrogens is 442 g/mol. The van der Waals surface area contributed by atoms with Crippen molar-refractivity contribution in [3.63, 3.8) is 0 Å². The first-order valence-corrected chi connectivity index (χ1v) is 12.7. The Morgan fingerprint density at radius 2 is 1.61 bits per heavy atom. The topological polar surface area (TPSA) is 122 Å². The fraction of sp³-hybridized carbons (Fsp3) is 0.474. The second-order valence-corrected chi connectivity index (χ2v) is 11.4. The van der Waals surface area contributed by atoms with Crippen molar-refractivity contribution < 1.29 is 21.6 Å². The summed E-state index contributed by atoms with van der Waals surface area (Å²) in [5, 5.41) is 2.60. The van der Waals surface area contributed by atoms with Crippen LogP contribution in [0.25, 0.3) is 0 Å². The second kappa shape index (κ2) is 8.69. The highest BCUT2D eigenvalue weighted by molar-refractivity contribution is 7.89. The molecule has 1 aromatic carbocycles. The number of aromatic nitrogens is 2. The Hall–Kier alpha value is -2.28. The zero-order valence-corrected chi connectivity index (χ0v) is 19.6. The molecule has 10 nitrogen and oxygen atoms in total. The summed E-state index contributed by atoms with van der Waals surface area (Å²) in [5.41, 5.74) is 1.02. The molecule has 0 radical (unpaired) electrons. The Labute approximate surface area is 183 Å². The van der Waals surface area contributed by atoms with Crippen molar-refractivity contribution in [2.24, 2.45) is 7.05 Å². The highest BCUT2D eigenvalue weighted by Gasteiger charge is 2.33. The first-order valence-electron chi connectivity index (χ1n) is 9.81. The number of rotatable bonds is 5. The Morgan fingerprint density at radius 1 is 1.00 bits per heavy atom. The lowest BCUT2D eigenvalue weighted by Crippen LogP contribution is -2.37. The van der Waals surface area contributed by atoms with Gasteiger partial charge in [0.25, 0.3) is 10.0 Å². The Balaban J connectivity index is 1.80. The van der Waals surface area contributed by atoms with Gasteiger partial charge in [0.05, 0.1) is 4.90 Å². The number of benzene rings is 1. The fourth-order valence-corrected chi connectivity index (χ4v) is 6.66. The maximum Gasteiger partial charge on any atom is 0.262 e. The van der Waals surface area contributed by atoms with E-state index in [2.05, 4.69) is 10.3 Å². The predicted octanol–water partition coefficient (Wildman–Crippen LogP) is 1.08. The summed E-state index contributed by atoms with van der Waals surface area (Å²) >= 11 is 0. The van der Waals surface area contributed by atoms with E-state index in [0.29, 0.717) is 23.5 Å². The number of hydrogen-bond acceptors (Lipinski definition) is 6. The monoisotopic (exact) mass is 469 g/mol. The summed E-state index contributed by atoms with van der Waals surface area (Å²) in [5.74, 6) is 0.336. The first-order chi connectivity index (χ1) is 14.4. The Bertz CT molecular complexity index is 1180. The van der Waals surface area contributed by atoms with E-state index in [1.54, 1.807) is 37.6 Å². The van der Waals surface area contributed by atoms with Crippen LogP contribution in [0.1, 0.15) is 24.7 Å². The van der Waals surface area contributed by atoms with Crippen LogP contribution in [0.3, 0.4) is 0 Å². The lowest BCUT2D eigenvalue weighted by molar-refractivity contribution is -0.114. The molecule has 1 amide bonds. The minimum Gasteiger partial charge on any atom is -0.337 e. The van der Waals surface area contributed by atoms with Gasteiger partial charge in [-0.2, -0.15) is 8.61 Å². The molecule has 1 aliphatic rings. The molecule has 1 aliphatic heterocycles. The van der Waals surface area contributed by atoms with Gasteiger partial charge in [-0.05, 0) is 44.0 Å². The summed E-state index contributed by atoms with van der Waals surface area (Å²) < 4.78 is 56.6. The smallest absolute Gasteiger partial charge is 0.262 e. The van der Waals surface area contributed by atoms with E-state index in [1.165, 1.54) is 27.8 Å². The van der Waals surface area contributed by atoms with Gasteiger partial charge in [0.2, 0.25) is 15.9 Å². The third kappa shape index (κ3) is 4.81. The van der Waals surface area contributed by atoms with Gasteiger partial charge in [-0.1, -0.05) is 0 Å². The molecule has 0 atom stereocenters. The zero-order valence-electron chi connectivity index (χ0n) is 18.0. The summed E-state index contributed by atoms with van der Waals surface area (Å²) in [6.45, 7) is 5.27. The van der Waals surface area contributed by atoms with E-state index in [0.717, 1.165) is 0 Å². The van der Waals surface area contributed by atoms with E-state index in [-0.39, 0.29) is 42.0 Å². The van der Waals surface area contributed by atoms with Crippen molar-refractivity contribution >= 4 is 31.6 Å². The number of nitrogens with one attached hydrogen (secondary N) is 1. The second-order valence-electron chi connectivity index (χ2n) is 7.56. The predicted molar refractivity (Wildman–Crippen MR) is 116 cm³/mol. The van der Waals surface area contributed by atoms with Crippen LogP contribution in [0, 0.1) is 13.8 Å². The number of anilines is 1. The lowest BCUT2D eigenvalue weighted by atomic mass is 10.2. The van der Waals surface area contributed by atoms with E-state index in [9.17, 15) is 21.6 Å². The number of aryl methyl sites for hydroxylation is 3. The summed E-state index contributed by atoms with van der Waals surface area (Å²) in [7, 11) is -5.90. The Kier molecular flexibility index (Phi) is 6.56. The lowest BCUT2D eigenvalue weighted by Gasteiger charge is -2.22. The van der Waals surface area contributed by atoms with Gasteiger partial charge < -0.3 is 9.88 Å². The van der Waals surface area contributed by atoms with Crippen LogP contribution in [0.2, 0.25) is 0 Å². The van der Waals surface area contributed by atoms with Crippen molar-refractivity contribution in [1.82, 2.24) is 18.2 Å². The van der Waals surface area contributed by atoms with Gasteiger partial charge in [0.1, 0.15) is 5.82 Å². The largest absolute Gasteiger partial charge is 0.337 e. The number of carbonyl (C=O) groups excluding carboxylic acids is 1. The van der Waals surface area contributed by atoms with Crippen LogP contribution < -0.4 is 5.32 Å². The van der Waals surface area contributed by atoms with Crippen LogP contribution >= 0.6 is 0 Å². The normalized spacial score (nSPS) is 16.8. The van der Waals surface area contributed by atoms with Gasteiger partial charge in [0.15, 0.2) is 5.03 Å². The highest BCUT2D eigenvalue weighted by Crippen LogP contribution is 2.25. The molecule has 0 saturated carbocycles. The SMILES string of the molecule is CC(=O)Nc1ccc(S(=O)(=O)N2CCCN(S(=O)(=O)c3cn(C)c(C)n3)CC2)c(C)c1. The van der Waals surface area contributed by atoms with E-state index in [4.69, 9.17) is 0 Å². The number of carbonyl (C=O) groups is 1. The molecule has 1 N–H and O–H groups in total. The number of nitrogens with zero attached hydrogens (tertiary/aromatic N) is 4. The summed E-state index contributed by atoms with van der Waals surface area (Å²) in [6, 6.07) is 4.61.